The maximum Gasteiger partial charge on any atom is 0.322 e. The summed E-state index contributed by atoms with van der Waals surface area (Å²) >= 11 is 0. The van der Waals surface area contributed by atoms with Crippen LogP contribution < -0.4 is 24.3 Å². The maximum absolute atomic E-state index is 12.4. The second kappa shape index (κ2) is 8.96. The minimum absolute atomic E-state index is 0.0346. The minimum Gasteiger partial charge on any atom is -0.494 e. The Kier molecular flexibility index (Phi) is 6.18. The van der Waals surface area contributed by atoms with Gasteiger partial charge in [0.2, 0.25) is 11.6 Å². The van der Waals surface area contributed by atoms with Crippen molar-refractivity contribution in [3.05, 3.63) is 42.0 Å². The fraction of sp³-hybridized carbons (Fsp3) is 0.250. The highest BCUT2D eigenvalue weighted by atomic mass is 16.5. The van der Waals surface area contributed by atoms with Crippen LogP contribution in [0.1, 0.15) is 17.3 Å². The number of nitrogens with zero attached hydrogens (tertiary/aromatic N) is 2. The molecule has 0 atom stereocenters. The summed E-state index contributed by atoms with van der Waals surface area (Å²) in [6.45, 7) is 2.44. The van der Waals surface area contributed by atoms with Crippen LogP contribution in [0, 0.1) is 0 Å². The predicted molar refractivity (Wildman–Crippen MR) is 105 cm³/mol. The molecule has 152 valence electrons. The van der Waals surface area contributed by atoms with Crippen molar-refractivity contribution in [1.29, 1.82) is 0 Å². The van der Waals surface area contributed by atoms with E-state index in [0.717, 1.165) is 0 Å². The first-order chi connectivity index (χ1) is 14.1. The second-order valence-corrected chi connectivity index (χ2v) is 5.74. The van der Waals surface area contributed by atoms with Crippen molar-refractivity contribution in [2.24, 2.45) is 0 Å². The molecule has 3 aromatic rings. The lowest BCUT2D eigenvalue weighted by atomic mass is 10.2. The van der Waals surface area contributed by atoms with Gasteiger partial charge in [-0.05, 0) is 43.3 Å². The number of anilines is 1. The molecule has 0 fully saturated rings. The van der Waals surface area contributed by atoms with Gasteiger partial charge in [-0.25, -0.2) is 0 Å². The summed E-state index contributed by atoms with van der Waals surface area (Å²) in [6, 6.07) is 10.0. The highest BCUT2D eigenvalue weighted by Gasteiger charge is 2.18. The van der Waals surface area contributed by atoms with Gasteiger partial charge >= 0.3 is 6.01 Å². The Bertz CT molecular complexity index is 959. The van der Waals surface area contributed by atoms with Gasteiger partial charge in [0.15, 0.2) is 11.5 Å². The van der Waals surface area contributed by atoms with Gasteiger partial charge in [0.05, 0.1) is 27.9 Å². The van der Waals surface area contributed by atoms with Crippen molar-refractivity contribution >= 4 is 11.9 Å². The molecular weight excluding hydrogens is 378 g/mol. The van der Waals surface area contributed by atoms with Gasteiger partial charge in [-0.2, -0.15) is 0 Å². The van der Waals surface area contributed by atoms with Gasteiger partial charge in [-0.3, -0.25) is 10.1 Å². The smallest absolute Gasteiger partial charge is 0.322 e. The van der Waals surface area contributed by atoms with Crippen molar-refractivity contribution in [2.75, 3.05) is 33.3 Å². The van der Waals surface area contributed by atoms with Crippen LogP contribution in [0.25, 0.3) is 11.5 Å². The Morgan fingerprint density at radius 3 is 2.21 bits per heavy atom. The molecule has 1 amide bonds. The lowest BCUT2D eigenvalue weighted by Gasteiger charge is -2.12. The maximum atomic E-state index is 12.4. The third-order valence-electron chi connectivity index (χ3n) is 3.98. The molecule has 1 heterocycles. The van der Waals surface area contributed by atoms with E-state index in [2.05, 4.69) is 15.5 Å². The van der Waals surface area contributed by atoms with Crippen LogP contribution in [0.4, 0.5) is 6.01 Å². The van der Waals surface area contributed by atoms with E-state index in [-0.39, 0.29) is 17.8 Å². The summed E-state index contributed by atoms with van der Waals surface area (Å²) in [5, 5.41) is 10.4. The summed E-state index contributed by atoms with van der Waals surface area (Å²) in [7, 11) is 4.54. The molecule has 0 bridgehead atoms. The van der Waals surface area contributed by atoms with Crippen LogP contribution in [0.3, 0.4) is 0 Å². The Morgan fingerprint density at radius 1 is 1.00 bits per heavy atom. The number of rotatable bonds is 8. The minimum atomic E-state index is -0.381. The number of aromatic nitrogens is 2. The average molecular weight is 399 g/mol. The van der Waals surface area contributed by atoms with Crippen molar-refractivity contribution < 1.29 is 28.2 Å². The van der Waals surface area contributed by atoms with E-state index in [9.17, 15) is 4.79 Å². The summed E-state index contributed by atoms with van der Waals surface area (Å²) < 4.78 is 26.9. The Hall–Kier alpha value is -3.75. The van der Waals surface area contributed by atoms with Gasteiger partial charge in [-0.1, -0.05) is 5.10 Å². The van der Waals surface area contributed by atoms with Crippen LogP contribution in [0.2, 0.25) is 0 Å². The molecule has 0 aliphatic heterocycles. The quantitative estimate of drug-likeness (QED) is 0.614. The molecule has 1 N–H and O–H groups in total. The van der Waals surface area contributed by atoms with Gasteiger partial charge in [0, 0.05) is 11.1 Å². The molecule has 0 saturated carbocycles. The normalized spacial score (nSPS) is 10.3. The number of benzene rings is 2. The first kappa shape index (κ1) is 20.0. The number of carbonyl (C=O) groups is 1. The molecule has 0 saturated heterocycles. The molecule has 29 heavy (non-hydrogen) atoms. The summed E-state index contributed by atoms with van der Waals surface area (Å²) in [5.74, 6) is 1.83. The molecule has 2 aromatic carbocycles. The van der Waals surface area contributed by atoms with Gasteiger partial charge < -0.3 is 23.4 Å². The molecule has 0 aliphatic carbocycles. The lowest BCUT2D eigenvalue weighted by Crippen LogP contribution is -2.12. The van der Waals surface area contributed by atoms with Gasteiger partial charge in [0.25, 0.3) is 5.91 Å². The topological polar surface area (TPSA) is 105 Å². The van der Waals surface area contributed by atoms with Crippen molar-refractivity contribution in [2.45, 2.75) is 6.92 Å². The molecular formula is C20H21N3O6. The number of hydrogen-bond donors (Lipinski definition) is 1. The number of nitrogens with one attached hydrogen (secondary N) is 1. The number of ether oxygens (including phenoxy) is 4. The largest absolute Gasteiger partial charge is 0.494 e. The summed E-state index contributed by atoms with van der Waals surface area (Å²) in [6.07, 6.45) is 0. The van der Waals surface area contributed by atoms with Crippen molar-refractivity contribution in [3.8, 4) is 34.5 Å². The fourth-order valence-electron chi connectivity index (χ4n) is 2.63. The second-order valence-electron chi connectivity index (χ2n) is 5.74. The molecule has 0 spiro atoms. The zero-order chi connectivity index (χ0) is 20.8. The van der Waals surface area contributed by atoms with E-state index in [4.69, 9.17) is 23.4 Å². The lowest BCUT2D eigenvalue weighted by molar-refractivity contribution is 0.102. The van der Waals surface area contributed by atoms with E-state index >= 15 is 0 Å². The Balaban J connectivity index is 1.79. The van der Waals surface area contributed by atoms with E-state index in [1.165, 1.54) is 21.3 Å². The number of amides is 1. The van der Waals surface area contributed by atoms with E-state index in [0.29, 0.717) is 40.7 Å². The number of carbonyl (C=O) groups excluding carboxylic acids is 1. The van der Waals surface area contributed by atoms with E-state index in [1.54, 1.807) is 36.4 Å². The summed E-state index contributed by atoms with van der Waals surface area (Å²) in [4.78, 5) is 12.4. The van der Waals surface area contributed by atoms with Gasteiger partial charge in [-0.15, -0.1) is 5.10 Å². The molecule has 1 aromatic heterocycles. The molecule has 9 nitrogen and oxygen atoms in total. The average Bonchev–Trinajstić information content (AvgIpc) is 3.21. The number of methoxy groups -OCH3 is 3. The molecule has 9 heteroatoms. The zero-order valence-electron chi connectivity index (χ0n) is 16.5. The zero-order valence-corrected chi connectivity index (χ0v) is 16.5. The van der Waals surface area contributed by atoms with Crippen LogP contribution in [-0.4, -0.2) is 44.0 Å². The standard InChI is InChI=1S/C20H21N3O6/c1-5-28-14-8-6-12(7-9-14)18(24)21-20-23-22-19(29-20)13-10-15(25-2)17(27-4)16(11-13)26-3/h6-11H,5H2,1-4H3,(H,21,23,24). The third-order valence-corrected chi connectivity index (χ3v) is 3.98. The van der Waals surface area contributed by atoms with Gasteiger partial charge in [0.1, 0.15) is 5.75 Å². The van der Waals surface area contributed by atoms with Crippen molar-refractivity contribution in [1.82, 2.24) is 10.2 Å². The SMILES string of the molecule is CCOc1ccc(C(=O)Nc2nnc(-c3cc(OC)c(OC)c(OC)c3)o2)cc1. The van der Waals surface area contributed by atoms with Crippen LogP contribution in [-0.2, 0) is 0 Å². The highest BCUT2D eigenvalue weighted by Crippen LogP contribution is 2.41. The number of hydrogen-bond acceptors (Lipinski definition) is 8. The first-order valence-electron chi connectivity index (χ1n) is 8.77. The molecule has 0 radical (unpaired) electrons. The predicted octanol–water partition coefficient (Wildman–Crippen LogP) is 3.41. The van der Waals surface area contributed by atoms with E-state index in [1.807, 2.05) is 6.92 Å². The van der Waals surface area contributed by atoms with Crippen LogP contribution >= 0.6 is 0 Å². The van der Waals surface area contributed by atoms with E-state index < -0.39 is 0 Å². The fourth-order valence-corrected chi connectivity index (χ4v) is 2.63. The Labute approximate surface area is 167 Å². The first-order valence-corrected chi connectivity index (χ1v) is 8.77. The highest BCUT2D eigenvalue weighted by molar-refractivity contribution is 6.03. The summed E-state index contributed by atoms with van der Waals surface area (Å²) in [5.41, 5.74) is 0.981. The monoisotopic (exact) mass is 399 g/mol. The van der Waals surface area contributed by atoms with Crippen LogP contribution in [0.15, 0.2) is 40.8 Å². The van der Waals surface area contributed by atoms with Crippen LogP contribution in [0.5, 0.6) is 23.0 Å². The molecule has 3 rings (SSSR count). The molecule has 0 aliphatic rings. The van der Waals surface area contributed by atoms with Crippen molar-refractivity contribution in [3.63, 3.8) is 0 Å². The Morgan fingerprint density at radius 2 is 1.66 bits per heavy atom. The third kappa shape index (κ3) is 4.40. The molecule has 0 unspecified atom stereocenters.